The summed E-state index contributed by atoms with van der Waals surface area (Å²) in [5.41, 5.74) is 2.52. The molecule has 0 aliphatic carbocycles. The summed E-state index contributed by atoms with van der Waals surface area (Å²) in [4.78, 5) is 4.54. The van der Waals surface area contributed by atoms with E-state index in [1.54, 1.807) is 7.11 Å². The van der Waals surface area contributed by atoms with E-state index in [9.17, 15) is 0 Å². The summed E-state index contributed by atoms with van der Waals surface area (Å²) in [6.07, 6.45) is 6.60. The maximum atomic E-state index is 5.15. The predicted octanol–water partition coefficient (Wildman–Crippen LogP) is 2.15. The Balaban J connectivity index is 1.94. The van der Waals surface area contributed by atoms with Crippen LogP contribution in [0.1, 0.15) is 24.3 Å². The number of piperidine rings is 1. The minimum Gasteiger partial charge on any atom is -0.383 e. The molecule has 1 unspecified atom stereocenters. The number of fused-ring (bicyclic) bond motifs is 1. The van der Waals surface area contributed by atoms with E-state index in [0.717, 1.165) is 31.9 Å². The lowest BCUT2D eigenvalue weighted by molar-refractivity contribution is 0.188. The van der Waals surface area contributed by atoms with Crippen LogP contribution in [0.15, 0.2) is 24.5 Å². The summed E-state index contributed by atoms with van der Waals surface area (Å²) in [7, 11) is 1.73. The molecular formula is C15H21N3O. The zero-order chi connectivity index (χ0) is 13.1. The van der Waals surface area contributed by atoms with Crippen LogP contribution in [0.5, 0.6) is 0 Å². The number of hydrogen-bond donors (Lipinski definition) is 1. The van der Waals surface area contributed by atoms with E-state index >= 15 is 0 Å². The standard InChI is InChI=1S/C15H21N3O/c1-19-10-9-18-8-5-14-13(4-7-17-15(14)18)12-3-2-6-16-11-12/h4-5,7-8,12,16H,2-3,6,9-11H2,1H3. The van der Waals surface area contributed by atoms with E-state index in [1.807, 2.05) is 6.20 Å². The Bertz CT molecular complexity index is 543. The molecule has 3 rings (SSSR count). The highest BCUT2D eigenvalue weighted by Crippen LogP contribution is 2.29. The zero-order valence-electron chi connectivity index (χ0n) is 11.4. The van der Waals surface area contributed by atoms with Gasteiger partial charge in [-0.1, -0.05) is 0 Å². The van der Waals surface area contributed by atoms with Gasteiger partial charge in [-0.15, -0.1) is 0 Å². The van der Waals surface area contributed by atoms with Gasteiger partial charge in [0.25, 0.3) is 0 Å². The monoisotopic (exact) mass is 259 g/mol. The van der Waals surface area contributed by atoms with Crippen molar-refractivity contribution in [2.24, 2.45) is 0 Å². The van der Waals surface area contributed by atoms with Crippen molar-refractivity contribution in [3.63, 3.8) is 0 Å². The molecule has 2 aromatic heterocycles. The van der Waals surface area contributed by atoms with Crippen LogP contribution in [0.2, 0.25) is 0 Å². The summed E-state index contributed by atoms with van der Waals surface area (Å²) in [6, 6.07) is 4.38. The molecule has 102 valence electrons. The highest BCUT2D eigenvalue weighted by Gasteiger charge is 2.18. The Morgan fingerprint density at radius 3 is 3.21 bits per heavy atom. The number of pyridine rings is 1. The Kier molecular flexibility index (Phi) is 3.80. The van der Waals surface area contributed by atoms with Crippen LogP contribution in [0.25, 0.3) is 11.0 Å². The third-order valence-corrected chi connectivity index (χ3v) is 3.97. The van der Waals surface area contributed by atoms with E-state index < -0.39 is 0 Å². The van der Waals surface area contributed by atoms with Gasteiger partial charge >= 0.3 is 0 Å². The fourth-order valence-electron chi connectivity index (χ4n) is 2.95. The summed E-state index contributed by atoms with van der Waals surface area (Å²) in [5.74, 6) is 0.623. The van der Waals surface area contributed by atoms with Gasteiger partial charge in [0.15, 0.2) is 0 Å². The number of aromatic nitrogens is 2. The van der Waals surface area contributed by atoms with Crippen LogP contribution in [-0.4, -0.2) is 36.4 Å². The van der Waals surface area contributed by atoms with Gasteiger partial charge in [0, 0.05) is 38.0 Å². The van der Waals surface area contributed by atoms with E-state index in [-0.39, 0.29) is 0 Å². The summed E-state index contributed by atoms with van der Waals surface area (Å²) < 4.78 is 7.33. The largest absolute Gasteiger partial charge is 0.383 e. The molecular weight excluding hydrogens is 238 g/mol. The quantitative estimate of drug-likeness (QED) is 0.914. The molecule has 1 N–H and O–H groups in total. The van der Waals surface area contributed by atoms with Gasteiger partial charge in [0.05, 0.1) is 6.61 Å². The van der Waals surface area contributed by atoms with Crippen molar-refractivity contribution in [2.45, 2.75) is 25.3 Å². The second kappa shape index (κ2) is 5.72. The van der Waals surface area contributed by atoms with Crippen molar-refractivity contribution in [3.05, 3.63) is 30.1 Å². The van der Waals surface area contributed by atoms with Crippen LogP contribution >= 0.6 is 0 Å². The average Bonchev–Trinajstić information content (AvgIpc) is 2.89. The molecule has 2 aromatic rings. The fraction of sp³-hybridized carbons (Fsp3) is 0.533. The first kappa shape index (κ1) is 12.6. The third kappa shape index (κ3) is 2.51. The normalized spacial score (nSPS) is 19.9. The first-order chi connectivity index (χ1) is 9.40. The summed E-state index contributed by atoms with van der Waals surface area (Å²) in [6.45, 7) is 3.82. The van der Waals surface area contributed by atoms with Gasteiger partial charge in [-0.25, -0.2) is 4.98 Å². The van der Waals surface area contributed by atoms with Crippen molar-refractivity contribution < 1.29 is 4.74 Å². The lowest BCUT2D eigenvalue weighted by atomic mass is 9.90. The predicted molar refractivity (Wildman–Crippen MR) is 76.5 cm³/mol. The van der Waals surface area contributed by atoms with Crippen molar-refractivity contribution in [1.29, 1.82) is 0 Å². The van der Waals surface area contributed by atoms with Gasteiger partial charge < -0.3 is 14.6 Å². The van der Waals surface area contributed by atoms with Crippen LogP contribution in [0.3, 0.4) is 0 Å². The molecule has 4 heteroatoms. The smallest absolute Gasteiger partial charge is 0.140 e. The number of nitrogens with one attached hydrogen (secondary N) is 1. The highest BCUT2D eigenvalue weighted by molar-refractivity contribution is 5.80. The number of nitrogens with zero attached hydrogens (tertiary/aromatic N) is 2. The van der Waals surface area contributed by atoms with E-state index in [1.165, 1.54) is 23.8 Å². The molecule has 0 spiro atoms. The van der Waals surface area contributed by atoms with Crippen molar-refractivity contribution >= 4 is 11.0 Å². The molecule has 0 saturated carbocycles. The molecule has 1 aliphatic rings. The third-order valence-electron chi connectivity index (χ3n) is 3.97. The minimum atomic E-state index is 0.623. The lowest BCUT2D eigenvalue weighted by Gasteiger charge is -2.23. The Hall–Kier alpha value is -1.39. The van der Waals surface area contributed by atoms with Gasteiger partial charge in [-0.05, 0) is 43.0 Å². The van der Waals surface area contributed by atoms with Crippen LogP contribution in [0.4, 0.5) is 0 Å². The molecule has 0 bridgehead atoms. The highest BCUT2D eigenvalue weighted by atomic mass is 16.5. The maximum absolute atomic E-state index is 5.15. The molecule has 1 atom stereocenters. The Morgan fingerprint density at radius 1 is 1.47 bits per heavy atom. The molecule has 3 heterocycles. The first-order valence-corrected chi connectivity index (χ1v) is 7.03. The topological polar surface area (TPSA) is 39.1 Å². The fourth-order valence-corrected chi connectivity index (χ4v) is 2.95. The second-order valence-corrected chi connectivity index (χ2v) is 5.18. The molecule has 19 heavy (non-hydrogen) atoms. The van der Waals surface area contributed by atoms with Crippen LogP contribution < -0.4 is 5.32 Å². The van der Waals surface area contributed by atoms with Crippen molar-refractivity contribution in [1.82, 2.24) is 14.9 Å². The maximum Gasteiger partial charge on any atom is 0.140 e. The lowest BCUT2D eigenvalue weighted by Crippen LogP contribution is -2.28. The number of ether oxygens (including phenoxy) is 1. The summed E-state index contributed by atoms with van der Waals surface area (Å²) >= 11 is 0. The molecule has 1 saturated heterocycles. The van der Waals surface area contributed by atoms with Gasteiger partial charge in [0.2, 0.25) is 0 Å². The van der Waals surface area contributed by atoms with Gasteiger partial charge in [-0.3, -0.25) is 0 Å². The minimum absolute atomic E-state index is 0.623. The second-order valence-electron chi connectivity index (χ2n) is 5.18. The van der Waals surface area contributed by atoms with E-state index in [4.69, 9.17) is 4.74 Å². The van der Waals surface area contributed by atoms with Gasteiger partial charge in [-0.2, -0.15) is 0 Å². The van der Waals surface area contributed by atoms with Crippen molar-refractivity contribution in [3.8, 4) is 0 Å². The number of rotatable bonds is 4. The van der Waals surface area contributed by atoms with Crippen LogP contribution in [0, 0.1) is 0 Å². The Labute approximate surface area is 113 Å². The number of methoxy groups -OCH3 is 1. The average molecular weight is 259 g/mol. The van der Waals surface area contributed by atoms with E-state index in [2.05, 4.69) is 33.2 Å². The van der Waals surface area contributed by atoms with Gasteiger partial charge in [0.1, 0.15) is 5.65 Å². The molecule has 0 radical (unpaired) electrons. The first-order valence-electron chi connectivity index (χ1n) is 7.03. The SMILES string of the molecule is COCCn1ccc2c(C3CCCNC3)ccnc21. The molecule has 1 fully saturated rings. The van der Waals surface area contributed by atoms with Crippen molar-refractivity contribution in [2.75, 3.05) is 26.8 Å². The molecule has 0 amide bonds. The van der Waals surface area contributed by atoms with E-state index in [0.29, 0.717) is 5.92 Å². The van der Waals surface area contributed by atoms with Crippen LogP contribution in [-0.2, 0) is 11.3 Å². The molecule has 4 nitrogen and oxygen atoms in total. The molecule has 0 aromatic carbocycles. The summed E-state index contributed by atoms with van der Waals surface area (Å²) in [5, 5.41) is 4.79. The molecule has 1 aliphatic heterocycles. The zero-order valence-corrected chi connectivity index (χ0v) is 11.4. The number of hydrogen-bond acceptors (Lipinski definition) is 3. The Morgan fingerprint density at radius 2 is 2.42 bits per heavy atom.